The maximum absolute atomic E-state index is 12.2. The lowest BCUT2D eigenvalue weighted by molar-refractivity contribution is 0.0767. The van der Waals surface area contributed by atoms with E-state index < -0.39 is 0 Å². The predicted molar refractivity (Wildman–Crippen MR) is 86.6 cm³/mol. The fourth-order valence-electron chi connectivity index (χ4n) is 2.94. The van der Waals surface area contributed by atoms with E-state index in [1.165, 1.54) is 38.5 Å². The molecule has 0 unspecified atom stereocenters. The van der Waals surface area contributed by atoms with Gasteiger partial charge in [-0.2, -0.15) is 0 Å². The molecule has 0 bridgehead atoms. The molecule has 21 heavy (non-hydrogen) atoms. The van der Waals surface area contributed by atoms with E-state index in [1.54, 1.807) is 11.1 Å². The van der Waals surface area contributed by atoms with Crippen LogP contribution in [-0.2, 0) is 0 Å². The minimum Gasteiger partial charge on any atom is -0.381 e. The molecule has 0 spiro atoms. The van der Waals surface area contributed by atoms with Gasteiger partial charge in [-0.3, -0.25) is 4.79 Å². The summed E-state index contributed by atoms with van der Waals surface area (Å²) in [5.41, 5.74) is 1.56. The summed E-state index contributed by atoms with van der Waals surface area (Å²) in [5.74, 6) is 0.0148. The molecule has 1 N–H and O–H groups in total. The summed E-state index contributed by atoms with van der Waals surface area (Å²) in [4.78, 5) is 18.3. The highest BCUT2D eigenvalue weighted by molar-refractivity contribution is 5.92. The fourth-order valence-corrected chi connectivity index (χ4v) is 2.94. The summed E-state index contributed by atoms with van der Waals surface area (Å²) in [6.45, 7) is 5.42. The van der Waals surface area contributed by atoms with Gasteiger partial charge in [0.2, 0.25) is 0 Å². The first kappa shape index (κ1) is 15.8. The molecule has 4 heteroatoms. The molecule has 0 saturated heterocycles. The van der Waals surface area contributed by atoms with Gasteiger partial charge in [-0.05, 0) is 38.8 Å². The fraction of sp³-hybridized carbons (Fsp3) is 0.647. The highest BCUT2D eigenvalue weighted by atomic mass is 16.2. The molecule has 1 amide bonds. The normalized spacial score (nSPS) is 16.3. The van der Waals surface area contributed by atoms with Crippen LogP contribution in [0.15, 0.2) is 18.3 Å². The minimum absolute atomic E-state index is 0.0148. The van der Waals surface area contributed by atoms with Crippen molar-refractivity contribution in [3.05, 3.63) is 24.0 Å². The summed E-state index contributed by atoms with van der Waals surface area (Å²) in [5, 5.41) is 3.56. The Balaban J connectivity index is 1.96. The monoisotopic (exact) mass is 289 g/mol. The largest absolute Gasteiger partial charge is 0.381 e. The molecule has 116 valence electrons. The lowest BCUT2D eigenvalue weighted by atomic mass is 10.1. The molecule has 1 aromatic heterocycles. The number of nitrogens with zero attached hydrogens (tertiary/aromatic N) is 2. The van der Waals surface area contributed by atoms with E-state index in [9.17, 15) is 4.79 Å². The van der Waals surface area contributed by atoms with E-state index in [0.29, 0.717) is 11.7 Å². The summed E-state index contributed by atoms with van der Waals surface area (Å²) < 4.78 is 0. The zero-order chi connectivity index (χ0) is 15.1. The highest BCUT2D eigenvalue weighted by Gasteiger charge is 2.15. The van der Waals surface area contributed by atoms with E-state index in [1.807, 2.05) is 26.0 Å². The SMILES string of the molecule is CCN(CC)C(=O)c1ccc(NC2CCCCCC2)cn1. The van der Waals surface area contributed by atoms with Gasteiger partial charge in [-0.1, -0.05) is 25.7 Å². The van der Waals surface area contributed by atoms with Gasteiger partial charge < -0.3 is 10.2 Å². The molecular weight excluding hydrogens is 262 g/mol. The van der Waals surface area contributed by atoms with Crippen molar-refractivity contribution in [2.24, 2.45) is 0 Å². The number of hydrogen-bond acceptors (Lipinski definition) is 3. The highest BCUT2D eigenvalue weighted by Crippen LogP contribution is 2.21. The molecule has 0 atom stereocenters. The molecule has 0 radical (unpaired) electrons. The minimum atomic E-state index is 0.0148. The molecule has 4 nitrogen and oxygen atoms in total. The maximum Gasteiger partial charge on any atom is 0.272 e. The van der Waals surface area contributed by atoms with Crippen molar-refractivity contribution in [3.63, 3.8) is 0 Å². The zero-order valence-electron chi connectivity index (χ0n) is 13.3. The van der Waals surface area contributed by atoms with E-state index in [2.05, 4.69) is 10.3 Å². The first-order valence-corrected chi connectivity index (χ1v) is 8.26. The molecule has 1 aliphatic carbocycles. The molecule has 1 heterocycles. The lowest BCUT2D eigenvalue weighted by Crippen LogP contribution is -2.31. The molecule has 0 aliphatic heterocycles. The Labute approximate surface area is 127 Å². The summed E-state index contributed by atoms with van der Waals surface area (Å²) in [6, 6.07) is 4.37. The number of nitrogens with one attached hydrogen (secondary N) is 1. The number of amides is 1. The van der Waals surface area contributed by atoms with E-state index >= 15 is 0 Å². The second-order valence-corrected chi connectivity index (χ2v) is 5.74. The number of carbonyl (C=O) groups is 1. The number of hydrogen-bond donors (Lipinski definition) is 1. The van der Waals surface area contributed by atoms with Crippen molar-refractivity contribution in [2.45, 2.75) is 58.4 Å². The average molecular weight is 289 g/mol. The molecule has 0 aromatic carbocycles. The Morgan fingerprint density at radius 3 is 2.38 bits per heavy atom. The van der Waals surface area contributed by atoms with Crippen molar-refractivity contribution in [3.8, 4) is 0 Å². The molecular formula is C17H27N3O. The standard InChI is InChI=1S/C17H27N3O/c1-3-20(4-2)17(21)16-12-11-15(13-18-16)19-14-9-7-5-6-8-10-14/h11-14,19H,3-10H2,1-2H3. The van der Waals surface area contributed by atoms with Crippen molar-refractivity contribution in [2.75, 3.05) is 18.4 Å². The molecule has 1 aliphatic rings. The molecule has 1 saturated carbocycles. The van der Waals surface area contributed by atoms with E-state index in [-0.39, 0.29) is 5.91 Å². The molecule has 1 fully saturated rings. The average Bonchev–Trinajstić information content (AvgIpc) is 2.78. The number of carbonyl (C=O) groups excluding carboxylic acids is 1. The third-order valence-electron chi connectivity index (χ3n) is 4.26. The van der Waals surface area contributed by atoms with Crippen molar-refractivity contribution in [1.29, 1.82) is 0 Å². The van der Waals surface area contributed by atoms with Gasteiger partial charge >= 0.3 is 0 Å². The Bertz CT molecular complexity index is 432. The third-order valence-corrected chi connectivity index (χ3v) is 4.26. The second kappa shape index (κ2) is 8.01. The van der Waals surface area contributed by atoms with Crippen LogP contribution >= 0.6 is 0 Å². The lowest BCUT2D eigenvalue weighted by Gasteiger charge is -2.19. The van der Waals surface area contributed by atoms with Crippen LogP contribution in [0.5, 0.6) is 0 Å². The second-order valence-electron chi connectivity index (χ2n) is 5.74. The third kappa shape index (κ3) is 4.45. The van der Waals surface area contributed by atoms with Crippen LogP contribution in [-0.4, -0.2) is 34.9 Å². The first-order valence-electron chi connectivity index (χ1n) is 8.26. The Morgan fingerprint density at radius 2 is 1.86 bits per heavy atom. The van der Waals surface area contributed by atoms with Crippen molar-refractivity contribution >= 4 is 11.6 Å². The number of rotatable bonds is 5. The van der Waals surface area contributed by atoms with Gasteiger partial charge in [-0.25, -0.2) is 4.98 Å². The van der Waals surface area contributed by atoms with Crippen LogP contribution in [0.4, 0.5) is 5.69 Å². The van der Waals surface area contributed by atoms with Crippen LogP contribution in [0.2, 0.25) is 0 Å². The smallest absolute Gasteiger partial charge is 0.272 e. The zero-order valence-corrected chi connectivity index (χ0v) is 13.3. The Kier molecular flexibility index (Phi) is 6.03. The number of pyridine rings is 1. The van der Waals surface area contributed by atoms with Crippen molar-refractivity contribution < 1.29 is 4.79 Å². The number of anilines is 1. The van der Waals surface area contributed by atoms with Gasteiger partial charge in [0.25, 0.3) is 5.91 Å². The van der Waals surface area contributed by atoms with Gasteiger partial charge in [0.1, 0.15) is 5.69 Å². The summed E-state index contributed by atoms with van der Waals surface area (Å²) in [7, 11) is 0. The predicted octanol–water partition coefficient (Wildman–Crippen LogP) is 3.70. The van der Waals surface area contributed by atoms with Gasteiger partial charge in [-0.15, -0.1) is 0 Å². The first-order chi connectivity index (χ1) is 10.2. The van der Waals surface area contributed by atoms with Crippen LogP contribution in [0, 0.1) is 0 Å². The van der Waals surface area contributed by atoms with E-state index in [0.717, 1.165) is 18.8 Å². The maximum atomic E-state index is 12.2. The topological polar surface area (TPSA) is 45.2 Å². The quantitative estimate of drug-likeness (QED) is 0.841. The van der Waals surface area contributed by atoms with Crippen molar-refractivity contribution in [1.82, 2.24) is 9.88 Å². The molecule has 2 rings (SSSR count). The Hall–Kier alpha value is -1.58. The van der Waals surface area contributed by atoms with Crippen LogP contribution in [0.25, 0.3) is 0 Å². The Morgan fingerprint density at radius 1 is 1.19 bits per heavy atom. The summed E-state index contributed by atoms with van der Waals surface area (Å²) >= 11 is 0. The van der Waals surface area contributed by atoms with Crippen LogP contribution in [0.3, 0.4) is 0 Å². The van der Waals surface area contributed by atoms with E-state index in [4.69, 9.17) is 0 Å². The number of aromatic nitrogens is 1. The van der Waals surface area contributed by atoms with Gasteiger partial charge in [0, 0.05) is 19.1 Å². The summed E-state index contributed by atoms with van der Waals surface area (Å²) in [6.07, 6.45) is 9.59. The van der Waals surface area contributed by atoms with Gasteiger partial charge in [0.05, 0.1) is 11.9 Å². The van der Waals surface area contributed by atoms with Crippen LogP contribution < -0.4 is 5.32 Å². The van der Waals surface area contributed by atoms with Gasteiger partial charge in [0.15, 0.2) is 0 Å². The van der Waals surface area contributed by atoms with Crippen LogP contribution in [0.1, 0.15) is 62.9 Å². The molecule has 1 aromatic rings.